The van der Waals surface area contributed by atoms with Crippen molar-refractivity contribution in [2.45, 2.75) is 56.5 Å². The van der Waals surface area contributed by atoms with Crippen molar-refractivity contribution in [1.29, 1.82) is 0 Å². The van der Waals surface area contributed by atoms with E-state index in [9.17, 15) is 21.6 Å². The Morgan fingerprint density at radius 3 is 2.21 bits per heavy atom. The van der Waals surface area contributed by atoms with Gasteiger partial charge in [-0.2, -0.15) is 4.31 Å². The van der Waals surface area contributed by atoms with E-state index in [1.54, 1.807) is 18.2 Å². The van der Waals surface area contributed by atoms with Gasteiger partial charge in [0.1, 0.15) is 0 Å². The molecule has 1 aromatic rings. The molecular formula is C22H32ClN3O5S2. The average Bonchev–Trinajstić information content (AvgIpc) is 3.27. The van der Waals surface area contributed by atoms with Gasteiger partial charge in [-0.25, -0.2) is 21.1 Å². The van der Waals surface area contributed by atoms with Crippen LogP contribution in [0.2, 0.25) is 0 Å². The molecule has 0 N–H and O–H groups in total. The average molecular weight is 518 g/mol. The van der Waals surface area contributed by atoms with Gasteiger partial charge in [-0.05, 0) is 56.1 Å². The van der Waals surface area contributed by atoms with E-state index in [-0.39, 0.29) is 29.5 Å². The summed E-state index contributed by atoms with van der Waals surface area (Å²) in [6.45, 7) is 4.88. The summed E-state index contributed by atoms with van der Waals surface area (Å²) < 4.78 is 53.6. The van der Waals surface area contributed by atoms with Crippen molar-refractivity contribution in [3.63, 3.8) is 0 Å². The molecule has 3 aliphatic rings. The third kappa shape index (κ3) is 5.00. The van der Waals surface area contributed by atoms with E-state index < -0.39 is 37.9 Å². The zero-order chi connectivity index (χ0) is 23.1. The molecule has 0 aliphatic carbocycles. The highest BCUT2D eigenvalue weighted by Gasteiger charge is 2.55. The van der Waals surface area contributed by atoms with E-state index in [0.717, 1.165) is 35.8 Å². The summed E-state index contributed by atoms with van der Waals surface area (Å²) >= 11 is 0. The Hall–Kier alpha value is -1.46. The second-order valence-corrected chi connectivity index (χ2v) is 12.6. The fourth-order valence-corrected chi connectivity index (χ4v) is 7.66. The molecule has 0 unspecified atom stereocenters. The Bertz CT molecular complexity index is 1110. The Labute approximate surface area is 203 Å². The number of piperidine rings is 1. The molecule has 4 rings (SSSR count). The largest absolute Gasteiger partial charge is 0.299 e. The summed E-state index contributed by atoms with van der Waals surface area (Å²) in [5, 5.41) is 0. The van der Waals surface area contributed by atoms with Crippen molar-refractivity contribution in [2.75, 3.05) is 25.9 Å². The van der Waals surface area contributed by atoms with E-state index >= 15 is 0 Å². The summed E-state index contributed by atoms with van der Waals surface area (Å²) in [5.74, 6) is -1.24. The van der Waals surface area contributed by atoms with Crippen LogP contribution >= 0.6 is 12.4 Å². The SMILES string of the molecule is CCC[C@H]1C(=O)N(S(C)(=O)=O)C2=CCN(S(=O)(=O)c3ccc(CN4CCCCC4)cc3)[C@@H]21.Cl. The van der Waals surface area contributed by atoms with Crippen molar-refractivity contribution in [3.05, 3.63) is 41.6 Å². The summed E-state index contributed by atoms with van der Waals surface area (Å²) in [4.78, 5) is 15.4. The molecule has 0 saturated carbocycles. The zero-order valence-electron chi connectivity index (χ0n) is 19.0. The highest BCUT2D eigenvalue weighted by Crippen LogP contribution is 2.42. The summed E-state index contributed by atoms with van der Waals surface area (Å²) in [6, 6.07) is 6.14. The Morgan fingerprint density at radius 1 is 1.00 bits per heavy atom. The summed E-state index contributed by atoms with van der Waals surface area (Å²) in [5.41, 5.74) is 1.33. The normalized spacial score (nSPS) is 24.5. The first-order chi connectivity index (χ1) is 15.1. The van der Waals surface area contributed by atoms with Gasteiger partial charge in [0.05, 0.1) is 28.8 Å². The molecule has 2 saturated heterocycles. The van der Waals surface area contributed by atoms with Crippen molar-refractivity contribution in [2.24, 2.45) is 5.92 Å². The first-order valence-corrected chi connectivity index (χ1v) is 14.5. The first kappa shape index (κ1) is 26.2. The van der Waals surface area contributed by atoms with E-state index in [1.807, 2.05) is 19.1 Å². The number of halogens is 1. The number of nitrogens with zero attached hydrogens (tertiary/aromatic N) is 3. The first-order valence-electron chi connectivity index (χ1n) is 11.2. The van der Waals surface area contributed by atoms with Crippen molar-refractivity contribution in [3.8, 4) is 0 Å². The lowest BCUT2D eigenvalue weighted by Gasteiger charge is -2.27. The molecule has 8 nitrogen and oxygen atoms in total. The van der Waals surface area contributed by atoms with Crippen LogP contribution < -0.4 is 0 Å². The minimum absolute atomic E-state index is 0. The maximum absolute atomic E-state index is 13.5. The van der Waals surface area contributed by atoms with Gasteiger partial charge in [0, 0.05) is 13.1 Å². The smallest absolute Gasteiger partial charge is 0.245 e. The molecule has 2 atom stereocenters. The second-order valence-electron chi connectivity index (χ2n) is 8.89. The monoisotopic (exact) mass is 517 g/mol. The number of rotatable bonds is 7. The molecule has 11 heteroatoms. The minimum atomic E-state index is -3.89. The third-order valence-electron chi connectivity index (χ3n) is 6.54. The summed E-state index contributed by atoms with van der Waals surface area (Å²) in [6.07, 6.45) is 7.26. The van der Waals surface area contributed by atoms with Gasteiger partial charge >= 0.3 is 0 Å². The number of amides is 1. The van der Waals surface area contributed by atoms with Crippen LogP contribution in [0.4, 0.5) is 0 Å². The Balaban J connectivity index is 0.00000306. The van der Waals surface area contributed by atoms with Crippen molar-refractivity contribution < 1.29 is 21.6 Å². The minimum Gasteiger partial charge on any atom is -0.299 e. The molecule has 1 aromatic carbocycles. The maximum atomic E-state index is 13.5. The highest BCUT2D eigenvalue weighted by molar-refractivity contribution is 7.89. The zero-order valence-corrected chi connectivity index (χ0v) is 21.5. The molecule has 3 heterocycles. The van der Waals surface area contributed by atoms with Crippen LogP contribution in [-0.2, 0) is 31.4 Å². The van der Waals surface area contributed by atoms with Gasteiger partial charge in [0.2, 0.25) is 26.0 Å². The number of carbonyl (C=O) groups excluding carboxylic acids is 1. The molecule has 3 aliphatic heterocycles. The molecule has 1 amide bonds. The molecule has 0 bridgehead atoms. The van der Waals surface area contributed by atoms with Crippen LogP contribution in [0.1, 0.15) is 44.6 Å². The predicted octanol–water partition coefficient (Wildman–Crippen LogP) is 2.57. The van der Waals surface area contributed by atoms with E-state index in [4.69, 9.17) is 0 Å². The van der Waals surface area contributed by atoms with Crippen LogP contribution in [0, 0.1) is 5.92 Å². The molecule has 184 valence electrons. The van der Waals surface area contributed by atoms with Gasteiger partial charge in [0.15, 0.2) is 0 Å². The fraction of sp³-hybridized carbons (Fsp3) is 0.591. The molecule has 0 spiro atoms. The molecule has 2 fully saturated rings. The van der Waals surface area contributed by atoms with E-state index in [2.05, 4.69) is 4.90 Å². The summed E-state index contributed by atoms with van der Waals surface area (Å²) in [7, 11) is -7.71. The number of carbonyl (C=O) groups is 1. The topological polar surface area (TPSA) is 95.1 Å². The molecule has 0 radical (unpaired) electrons. The lowest BCUT2D eigenvalue weighted by atomic mass is 9.97. The van der Waals surface area contributed by atoms with Crippen molar-refractivity contribution in [1.82, 2.24) is 13.5 Å². The number of hydrogen-bond acceptors (Lipinski definition) is 6. The standard InChI is InChI=1S/C22H31N3O5S2.ClH/c1-3-7-19-21-20(25(22(19)26)31(2,27)28)12-15-24(21)32(29,30)18-10-8-17(9-11-18)16-23-13-5-4-6-14-23;/h8-12,19,21H,3-7,13-16H2,1-2H3;1H/t19-,21-;/m1./s1. The fourth-order valence-electron chi connectivity index (χ4n) is 5.06. The number of benzene rings is 1. The molecular weight excluding hydrogens is 486 g/mol. The van der Waals surface area contributed by atoms with Crippen molar-refractivity contribution >= 4 is 38.4 Å². The number of hydrogen-bond donors (Lipinski definition) is 0. The van der Waals surface area contributed by atoms with Crippen LogP contribution in [0.25, 0.3) is 0 Å². The second kappa shape index (κ2) is 10.0. The van der Waals surface area contributed by atoms with E-state index in [0.29, 0.717) is 12.8 Å². The van der Waals surface area contributed by atoms with Crippen LogP contribution in [-0.4, -0.2) is 68.2 Å². The number of likely N-dealkylation sites (tertiary alicyclic amines) is 1. The van der Waals surface area contributed by atoms with Crippen LogP contribution in [0.15, 0.2) is 40.9 Å². The quantitative estimate of drug-likeness (QED) is 0.551. The number of fused-ring (bicyclic) bond motifs is 1. The lowest BCUT2D eigenvalue weighted by molar-refractivity contribution is -0.127. The lowest BCUT2D eigenvalue weighted by Crippen LogP contribution is -2.41. The van der Waals surface area contributed by atoms with Gasteiger partial charge in [-0.15, -0.1) is 12.4 Å². The Morgan fingerprint density at radius 2 is 1.64 bits per heavy atom. The maximum Gasteiger partial charge on any atom is 0.245 e. The highest BCUT2D eigenvalue weighted by atomic mass is 35.5. The van der Waals surface area contributed by atoms with Gasteiger partial charge in [-0.1, -0.05) is 31.9 Å². The van der Waals surface area contributed by atoms with Crippen LogP contribution in [0.5, 0.6) is 0 Å². The molecule has 33 heavy (non-hydrogen) atoms. The van der Waals surface area contributed by atoms with Gasteiger partial charge in [-0.3, -0.25) is 9.69 Å². The Kier molecular flexibility index (Phi) is 7.95. The molecule has 0 aromatic heterocycles. The third-order valence-corrected chi connectivity index (χ3v) is 9.46. The van der Waals surface area contributed by atoms with E-state index in [1.165, 1.54) is 23.6 Å². The number of sulfonamides is 2. The van der Waals surface area contributed by atoms with Gasteiger partial charge in [0.25, 0.3) is 0 Å². The van der Waals surface area contributed by atoms with Crippen LogP contribution in [0.3, 0.4) is 0 Å². The predicted molar refractivity (Wildman–Crippen MR) is 129 cm³/mol. The van der Waals surface area contributed by atoms with Gasteiger partial charge < -0.3 is 0 Å².